The fourth-order valence-electron chi connectivity index (χ4n) is 4.03. The maximum Gasteiger partial charge on any atom is 0.248 e. The van der Waals surface area contributed by atoms with Crippen LogP contribution in [-0.2, 0) is 29.0 Å². The number of nitrogens with one attached hydrogen (secondary N) is 1. The first-order valence-corrected chi connectivity index (χ1v) is 10.6. The summed E-state index contributed by atoms with van der Waals surface area (Å²) >= 11 is 0. The standard InChI is InChI=1S/C25H25FN4O2/c26-21-10-4-3-8-18(21)13-20(27)15-24(31)30-16-19-9-2-1-7-17(19)14-22(30)25(32)29-23-11-5-6-12-28-23/h1-12,20,22H,13-16,27H2,(H,28,29,32)/t20?,22-/m0/s1. The van der Waals surface area contributed by atoms with Gasteiger partial charge in [-0.2, -0.15) is 0 Å². The quantitative estimate of drug-likeness (QED) is 0.627. The van der Waals surface area contributed by atoms with E-state index in [1.54, 1.807) is 47.5 Å². The van der Waals surface area contributed by atoms with E-state index in [1.165, 1.54) is 6.07 Å². The van der Waals surface area contributed by atoms with Gasteiger partial charge in [-0.3, -0.25) is 9.59 Å². The molecular weight excluding hydrogens is 407 g/mol. The van der Waals surface area contributed by atoms with E-state index in [0.29, 0.717) is 24.3 Å². The van der Waals surface area contributed by atoms with Crippen LogP contribution in [-0.4, -0.2) is 33.8 Å². The van der Waals surface area contributed by atoms with Gasteiger partial charge in [-0.25, -0.2) is 9.37 Å². The van der Waals surface area contributed by atoms with Crippen molar-refractivity contribution < 1.29 is 14.0 Å². The van der Waals surface area contributed by atoms with Gasteiger partial charge in [0, 0.05) is 31.6 Å². The topological polar surface area (TPSA) is 88.3 Å². The molecule has 0 bridgehead atoms. The van der Waals surface area contributed by atoms with Crippen LogP contribution in [0.25, 0.3) is 0 Å². The molecule has 2 amide bonds. The number of benzene rings is 2. The van der Waals surface area contributed by atoms with Crippen molar-refractivity contribution in [2.45, 2.75) is 37.9 Å². The monoisotopic (exact) mass is 432 g/mol. The van der Waals surface area contributed by atoms with Gasteiger partial charge in [-0.05, 0) is 41.3 Å². The third-order valence-electron chi connectivity index (χ3n) is 5.66. The lowest BCUT2D eigenvalue weighted by atomic mass is 9.92. The number of hydrogen-bond acceptors (Lipinski definition) is 4. The second-order valence-corrected chi connectivity index (χ2v) is 7.97. The highest BCUT2D eigenvalue weighted by Crippen LogP contribution is 2.25. The molecule has 1 aliphatic heterocycles. The Kier molecular flexibility index (Phi) is 6.56. The maximum atomic E-state index is 14.0. The van der Waals surface area contributed by atoms with Gasteiger partial charge in [0.2, 0.25) is 11.8 Å². The molecule has 2 atom stereocenters. The molecule has 2 aromatic carbocycles. The highest BCUT2D eigenvalue weighted by molar-refractivity contribution is 5.97. The number of fused-ring (bicyclic) bond motifs is 1. The lowest BCUT2D eigenvalue weighted by Gasteiger charge is -2.36. The van der Waals surface area contributed by atoms with E-state index in [-0.39, 0.29) is 30.5 Å². The lowest BCUT2D eigenvalue weighted by Crippen LogP contribution is -2.51. The Morgan fingerprint density at radius 3 is 2.53 bits per heavy atom. The van der Waals surface area contributed by atoms with Crippen molar-refractivity contribution in [3.63, 3.8) is 0 Å². The van der Waals surface area contributed by atoms with E-state index >= 15 is 0 Å². The summed E-state index contributed by atoms with van der Waals surface area (Å²) < 4.78 is 14.0. The number of amides is 2. The zero-order valence-corrected chi connectivity index (χ0v) is 17.6. The molecule has 0 radical (unpaired) electrons. The van der Waals surface area contributed by atoms with Gasteiger partial charge >= 0.3 is 0 Å². The predicted octanol–water partition coefficient (Wildman–Crippen LogP) is 3.07. The third-order valence-corrected chi connectivity index (χ3v) is 5.66. The Labute approximate surface area is 186 Å². The fraction of sp³-hybridized carbons (Fsp3) is 0.240. The van der Waals surface area contributed by atoms with Crippen molar-refractivity contribution >= 4 is 17.6 Å². The molecule has 1 unspecified atom stereocenters. The number of aromatic nitrogens is 1. The number of carbonyl (C=O) groups excluding carboxylic acids is 2. The zero-order chi connectivity index (χ0) is 22.5. The zero-order valence-electron chi connectivity index (χ0n) is 17.6. The van der Waals surface area contributed by atoms with Crippen LogP contribution in [0.4, 0.5) is 10.2 Å². The molecule has 7 heteroatoms. The average molecular weight is 432 g/mol. The highest BCUT2D eigenvalue weighted by Gasteiger charge is 2.35. The number of halogens is 1. The Morgan fingerprint density at radius 2 is 1.78 bits per heavy atom. The normalized spacial score (nSPS) is 16.2. The van der Waals surface area contributed by atoms with Crippen molar-refractivity contribution in [3.05, 3.63) is 95.4 Å². The molecule has 164 valence electrons. The number of nitrogens with zero attached hydrogens (tertiary/aromatic N) is 2. The van der Waals surface area contributed by atoms with Gasteiger partial charge in [0.25, 0.3) is 0 Å². The largest absolute Gasteiger partial charge is 0.327 e. The third kappa shape index (κ3) is 5.00. The molecule has 1 aromatic heterocycles. The Hall–Kier alpha value is -3.58. The summed E-state index contributed by atoms with van der Waals surface area (Å²) in [4.78, 5) is 32.0. The van der Waals surface area contributed by atoms with E-state index in [2.05, 4.69) is 10.3 Å². The molecule has 0 saturated heterocycles. The second kappa shape index (κ2) is 9.70. The van der Waals surface area contributed by atoms with Crippen molar-refractivity contribution in [2.24, 2.45) is 5.73 Å². The molecule has 1 aliphatic rings. The van der Waals surface area contributed by atoms with Crippen LogP contribution in [0.1, 0.15) is 23.1 Å². The minimum Gasteiger partial charge on any atom is -0.327 e. The molecule has 0 spiro atoms. The Morgan fingerprint density at radius 1 is 1.06 bits per heavy atom. The first kappa shape index (κ1) is 21.6. The van der Waals surface area contributed by atoms with Gasteiger partial charge in [-0.15, -0.1) is 0 Å². The van der Waals surface area contributed by atoms with Crippen LogP contribution in [0.2, 0.25) is 0 Å². The molecule has 0 saturated carbocycles. The molecule has 2 heterocycles. The second-order valence-electron chi connectivity index (χ2n) is 7.97. The van der Waals surface area contributed by atoms with Gasteiger partial charge in [-0.1, -0.05) is 48.5 Å². The van der Waals surface area contributed by atoms with E-state index < -0.39 is 12.1 Å². The van der Waals surface area contributed by atoms with Crippen LogP contribution < -0.4 is 11.1 Å². The first-order chi connectivity index (χ1) is 15.5. The van der Waals surface area contributed by atoms with E-state index in [9.17, 15) is 14.0 Å². The maximum absolute atomic E-state index is 14.0. The van der Waals surface area contributed by atoms with Gasteiger partial charge in [0.05, 0.1) is 0 Å². The number of hydrogen-bond donors (Lipinski definition) is 2. The number of anilines is 1. The van der Waals surface area contributed by atoms with Crippen molar-refractivity contribution in [3.8, 4) is 0 Å². The van der Waals surface area contributed by atoms with Crippen molar-refractivity contribution in [1.29, 1.82) is 0 Å². The van der Waals surface area contributed by atoms with E-state index in [4.69, 9.17) is 5.73 Å². The first-order valence-electron chi connectivity index (χ1n) is 10.6. The van der Waals surface area contributed by atoms with Crippen molar-refractivity contribution in [2.75, 3.05) is 5.32 Å². The summed E-state index contributed by atoms with van der Waals surface area (Å²) in [6, 6.07) is 18.2. The van der Waals surface area contributed by atoms with Gasteiger partial charge in [0.1, 0.15) is 17.7 Å². The molecule has 32 heavy (non-hydrogen) atoms. The summed E-state index contributed by atoms with van der Waals surface area (Å²) in [5, 5.41) is 2.80. The lowest BCUT2D eigenvalue weighted by molar-refractivity contribution is -0.140. The number of carbonyl (C=O) groups is 2. The summed E-state index contributed by atoms with van der Waals surface area (Å²) in [6.45, 7) is 0.321. The van der Waals surface area contributed by atoms with Gasteiger partial charge < -0.3 is 16.0 Å². The molecule has 3 aromatic rings. The summed E-state index contributed by atoms with van der Waals surface area (Å²) in [5.74, 6) is -0.436. The molecule has 3 N–H and O–H groups in total. The Bertz CT molecular complexity index is 1110. The minimum absolute atomic E-state index is 0.0177. The van der Waals surface area contributed by atoms with E-state index in [1.807, 2.05) is 24.3 Å². The minimum atomic E-state index is -0.680. The molecule has 4 rings (SSSR count). The summed E-state index contributed by atoms with van der Waals surface area (Å²) in [5.41, 5.74) is 8.71. The van der Waals surface area contributed by atoms with Crippen LogP contribution >= 0.6 is 0 Å². The van der Waals surface area contributed by atoms with Gasteiger partial charge in [0.15, 0.2) is 0 Å². The SMILES string of the molecule is NC(CC(=O)N1Cc2ccccc2C[C@H]1C(=O)Nc1ccccn1)Cc1ccccc1F. The van der Waals surface area contributed by atoms with Crippen LogP contribution in [0, 0.1) is 5.82 Å². The molecule has 0 aliphatic carbocycles. The fourth-order valence-corrected chi connectivity index (χ4v) is 4.03. The molecule has 0 fully saturated rings. The van der Waals surface area contributed by atoms with Crippen LogP contribution in [0.15, 0.2) is 72.9 Å². The summed E-state index contributed by atoms with van der Waals surface area (Å²) in [6.07, 6.45) is 2.26. The number of nitrogens with two attached hydrogens (primary N) is 1. The highest BCUT2D eigenvalue weighted by atomic mass is 19.1. The number of pyridine rings is 1. The molecular formula is C25H25FN4O2. The average Bonchev–Trinajstić information content (AvgIpc) is 2.80. The Balaban J connectivity index is 1.51. The smallest absolute Gasteiger partial charge is 0.248 e. The molecule has 6 nitrogen and oxygen atoms in total. The summed E-state index contributed by atoms with van der Waals surface area (Å²) in [7, 11) is 0. The predicted molar refractivity (Wildman–Crippen MR) is 120 cm³/mol. The number of rotatable bonds is 6. The van der Waals surface area contributed by atoms with Crippen molar-refractivity contribution in [1.82, 2.24) is 9.88 Å². The van der Waals surface area contributed by atoms with E-state index in [0.717, 1.165) is 11.1 Å². The van der Waals surface area contributed by atoms with Crippen LogP contribution in [0.5, 0.6) is 0 Å². The van der Waals surface area contributed by atoms with Crippen LogP contribution in [0.3, 0.4) is 0 Å².